The van der Waals surface area contributed by atoms with Gasteiger partial charge >= 0.3 is 5.97 Å². The molecule has 4 nitrogen and oxygen atoms in total. The first kappa shape index (κ1) is 15.7. The van der Waals surface area contributed by atoms with Gasteiger partial charge in [0, 0.05) is 0 Å². The lowest BCUT2D eigenvalue weighted by molar-refractivity contribution is -0.149. The van der Waals surface area contributed by atoms with Crippen LogP contribution in [0.4, 0.5) is 5.69 Å². The molecule has 1 aromatic rings. The van der Waals surface area contributed by atoms with Gasteiger partial charge in [-0.2, -0.15) is 0 Å². The van der Waals surface area contributed by atoms with E-state index in [0.29, 0.717) is 0 Å². The monoisotopic (exact) mass is 291 g/mol. The molecule has 2 unspecified atom stereocenters. The summed E-state index contributed by atoms with van der Waals surface area (Å²) >= 11 is 0. The molecule has 0 aromatic heterocycles. The van der Waals surface area contributed by atoms with Crippen LogP contribution in [0.5, 0.6) is 5.75 Å². The Bertz CT molecular complexity index is 489. The zero-order chi connectivity index (χ0) is 15.3. The molecule has 21 heavy (non-hydrogen) atoms. The van der Waals surface area contributed by atoms with Crippen LogP contribution in [0.25, 0.3) is 0 Å². The molecule has 0 heterocycles. The van der Waals surface area contributed by atoms with Crippen LogP contribution < -0.4 is 10.1 Å². The number of carbonyl (C=O) groups is 1. The molecule has 2 rings (SSSR count). The van der Waals surface area contributed by atoms with Gasteiger partial charge in [0.1, 0.15) is 11.3 Å². The van der Waals surface area contributed by atoms with E-state index in [1.54, 1.807) is 7.11 Å². The standard InChI is InChI=1S/C17H25NO3/c1-4-13-9-7-8-12-17(13,16(19)21-3)18-14-10-5-6-11-15(14)20-2/h5-6,10-11,13,18H,4,7-9,12H2,1-3H3. The molecule has 2 atom stereocenters. The fourth-order valence-electron chi connectivity index (χ4n) is 3.45. The van der Waals surface area contributed by atoms with Crippen molar-refractivity contribution in [3.8, 4) is 5.75 Å². The van der Waals surface area contributed by atoms with Crippen molar-refractivity contribution < 1.29 is 14.3 Å². The molecule has 0 amide bonds. The minimum absolute atomic E-state index is 0.167. The van der Waals surface area contributed by atoms with Gasteiger partial charge in [-0.25, -0.2) is 4.79 Å². The second kappa shape index (κ2) is 6.83. The molecule has 0 bridgehead atoms. The highest BCUT2D eigenvalue weighted by Crippen LogP contribution is 2.41. The molecule has 1 N–H and O–H groups in total. The average Bonchev–Trinajstić information content (AvgIpc) is 2.54. The maximum Gasteiger partial charge on any atom is 0.331 e. The van der Waals surface area contributed by atoms with Crippen molar-refractivity contribution in [2.45, 2.75) is 44.6 Å². The highest BCUT2D eigenvalue weighted by molar-refractivity contribution is 5.86. The summed E-state index contributed by atoms with van der Waals surface area (Å²) in [4.78, 5) is 12.5. The van der Waals surface area contributed by atoms with Crippen LogP contribution in [0, 0.1) is 5.92 Å². The lowest BCUT2D eigenvalue weighted by Gasteiger charge is -2.42. The van der Waals surface area contributed by atoms with Crippen molar-refractivity contribution in [3.63, 3.8) is 0 Å². The molecule has 0 radical (unpaired) electrons. The Kier molecular flexibility index (Phi) is 5.10. The van der Waals surface area contributed by atoms with E-state index in [2.05, 4.69) is 12.2 Å². The quantitative estimate of drug-likeness (QED) is 0.842. The number of hydrogen-bond donors (Lipinski definition) is 1. The molecule has 1 aromatic carbocycles. The number of para-hydroxylation sites is 2. The maximum absolute atomic E-state index is 12.5. The van der Waals surface area contributed by atoms with Gasteiger partial charge in [0.25, 0.3) is 0 Å². The average molecular weight is 291 g/mol. The molecule has 1 aliphatic rings. The Morgan fingerprint density at radius 1 is 1.33 bits per heavy atom. The van der Waals surface area contributed by atoms with E-state index in [1.165, 1.54) is 13.5 Å². The Labute approximate surface area is 126 Å². The second-order valence-corrected chi connectivity index (χ2v) is 5.64. The van der Waals surface area contributed by atoms with Gasteiger partial charge in [0.05, 0.1) is 19.9 Å². The molecule has 1 fully saturated rings. The van der Waals surface area contributed by atoms with E-state index in [1.807, 2.05) is 24.3 Å². The molecule has 0 saturated heterocycles. The summed E-state index contributed by atoms with van der Waals surface area (Å²) in [5.41, 5.74) is 0.210. The molecular formula is C17H25NO3. The van der Waals surface area contributed by atoms with Crippen LogP contribution in [0.15, 0.2) is 24.3 Å². The first-order valence-electron chi connectivity index (χ1n) is 7.67. The molecule has 1 saturated carbocycles. The molecular weight excluding hydrogens is 266 g/mol. The van der Waals surface area contributed by atoms with Gasteiger partial charge in [0.2, 0.25) is 0 Å². The summed E-state index contributed by atoms with van der Waals surface area (Å²) in [6.07, 6.45) is 5.01. The smallest absolute Gasteiger partial charge is 0.331 e. The zero-order valence-corrected chi connectivity index (χ0v) is 13.1. The number of ether oxygens (including phenoxy) is 2. The van der Waals surface area contributed by atoms with E-state index in [4.69, 9.17) is 9.47 Å². The van der Waals surface area contributed by atoms with E-state index in [9.17, 15) is 4.79 Å². The summed E-state index contributed by atoms with van der Waals surface area (Å²) in [5, 5.41) is 3.47. The highest BCUT2D eigenvalue weighted by atomic mass is 16.5. The predicted octanol–water partition coefficient (Wildman–Crippen LogP) is 3.62. The summed E-state index contributed by atoms with van der Waals surface area (Å²) in [6.45, 7) is 2.14. The predicted molar refractivity (Wildman–Crippen MR) is 83.6 cm³/mol. The molecule has 0 spiro atoms. The van der Waals surface area contributed by atoms with Crippen molar-refractivity contribution >= 4 is 11.7 Å². The van der Waals surface area contributed by atoms with Crippen LogP contribution in [0.2, 0.25) is 0 Å². The summed E-state index contributed by atoms with van der Waals surface area (Å²) in [5.74, 6) is 0.866. The van der Waals surface area contributed by atoms with Crippen LogP contribution in [-0.2, 0) is 9.53 Å². The van der Waals surface area contributed by atoms with Crippen LogP contribution in [0.1, 0.15) is 39.0 Å². The summed E-state index contributed by atoms with van der Waals surface area (Å²) in [7, 11) is 3.11. The maximum atomic E-state index is 12.5. The number of hydrogen-bond acceptors (Lipinski definition) is 4. The fourth-order valence-corrected chi connectivity index (χ4v) is 3.45. The lowest BCUT2D eigenvalue weighted by Crippen LogP contribution is -2.54. The first-order valence-corrected chi connectivity index (χ1v) is 7.67. The zero-order valence-electron chi connectivity index (χ0n) is 13.1. The van der Waals surface area contributed by atoms with Crippen LogP contribution >= 0.6 is 0 Å². The molecule has 1 aliphatic carbocycles. The molecule has 0 aliphatic heterocycles. The van der Waals surface area contributed by atoms with E-state index < -0.39 is 5.54 Å². The van der Waals surface area contributed by atoms with Crippen LogP contribution in [-0.4, -0.2) is 25.7 Å². The number of benzene rings is 1. The van der Waals surface area contributed by atoms with Crippen molar-refractivity contribution in [2.24, 2.45) is 5.92 Å². The summed E-state index contributed by atoms with van der Waals surface area (Å²) < 4.78 is 10.5. The lowest BCUT2D eigenvalue weighted by atomic mass is 9.71. The third-order valence-corrected chi connectivity index (χ3v) is 4.58. The second-order valence-electron chi connectivity index (χ2n) is 5.64. The van der Waals surface area contributed by atoms with E-state index in [-0.39, 0.29) is 11.9 Å². The number of nitrogens with one attached hydrogen (secondary N) is 1. The van der Waals surface area contributed by atoms with Crippen LogP contribution in [0.3, 0.4) is 0 Å². The summed E-state index contributed by atoms with van der Waals surface area (Å²) in [6, 6.07) is 7.72. The Balaban J connectivity index is 2.38. The third-order valence-electron chi connectivity index (χ3n) is 4.58. The number of rotatable bonds is 5. The van der Waals surface area contributed by atoms with Crippen molar-refractivity contribution in [2.75, 3.05) is 19.5 Å². The number of esters is 1. The Morgan fingerprint density at radius 2 is 2.10 bits per heavy atom. The van der Waals surface area contributed by atoms with E-state index in [0.717, 1.165) is 37.1 Å². The van der Waals surface area contributed by atoms with Gasteiger partial charge in [-0.1, -0.05) is 38.3 Å². The largest absolute Gasteiger partial charge is 0.495 e. The third kappa shape index (κ3) is 2.99. The van der Waals surface area contributed by atoms with Gasteiger partial charge in [-0.3, -0.25) is 0 Å². The fraction of sp³-hybridized carbons (Fsp3) is 0.588. The number of methoxy groups -OCH3 is 2. The van der Waals surface area contributed by atoms with Gasteiger partial charge < -0.3 is 14.8 Å². The Morgan fingerprint density at radius 3 is 2.76 bits per heavy atom. The Hall–Kier alpha value is -1.71. The normalized spacial score (nSPS) is 25.2. The van der Waals surface area contributed by atoms with Crippen molar-refractivity contribution in [1.82, 2.24) is 0 Å². The van der Waals surface area contributed by atoms with E-state index >= 15 is 0 Å². The van der Waals surface area contributed by atoms with Crippen molar-refractivity contribution in [1.29, 1.82) is 0 Å². The molecule has 4 heteroatoms. The topological polar surface area (TPSA) is 47.6 Å². The highest BCUT2D eigenvalue weighted by Gasteiger charge is 2.47. The van der Waals surface area contributed by atoms with Gasteiger partial charge in [-0.15, -0.1) is 0 Å². The van der Waals surface area contributed by atoms with Gasteiger partial charge in [-0.05, 0) is 30.9 Å². The minimum atomic E-state index is -0.642. The number of anilines is 1. The SMILES string of the molecule is CCC1CCCCC1(Nc1ccccc1OC)C(=O)OC. The minimum Gasteiger partial charge on any atom is -0.495 e. The van der Waals surface area contributed by atoms with Gasteiger partial charge in [0.15, 0.2) is 0 Å². The van der Waals surface area contributed by atoms with Crippen molar-refractivity contribution in [3.05, 3.63) is 24.3 Å². The number of carbonyl (C=O) groups excluding carboxylic acids is 1. The first-order chi connectivity index (χ1) is 10.2. The molecule has 116 valence electrons.